The van der Waals surface area contributed by atoms with Crippen molar-refractivity contribution in [2.45, 2.75) is 59.0 Å². The minimum atomic E-state index is -1.08. The Hall–Kier alpha value is -1.96. The van der Waals surface area contributed by atoms with Crippen molar-refractivity contribution in [3.63, 3.8) is 0 Å². The van der Waals surface area contributed by atoms with Gasteiger partial charge in [0.25, 0.3) is 0 Å². The molecule has 2 atom stereocenters. The number of aliphatic carboxylic acids is 1. The van der Waals surface area contributed by atoms with Gasteiger partial charge in [0.1, 0.15) is 12.1 Å². The molecule has 0 saturated heterocycles. The highest BCUT2D eigenvalue weighted by atomic mass is 32.1. The number of carboxylic acid groups (broad SMARTS) is 1. The zero-order valence-corrected chi connectivity index (χ0v) is 15.3. The van der Waals surface area contributed by atoms with E-state index in [0.29, 0.717) is 18.5 Å². The molecule has 0 unspecified atom stereocenters. The zero-order valence-electron chi connectivity index (χ0n) is 14.5. The van der Waals surface area contributed by atoms with E-state index in [2.05, 4.69) is 15.6 Å². The molecule has 1 aromatic rings. The van der Waals surface area contributed by atoms with E-state index in [1.165, 1.54) is 18.3 Å². The molecule has 3 N–H and O–H groups in total. The molecule has 1 heterocycles. The molecule has 8 heteroatoms. The van der Waals surface area contributed by atoms with Crippen LogP contribution in [0.15, 0.2) is 10.9 Å². The van der Waals surface area contributed by atoms with Gasteiger partial charge in [0, 0.05) is 18.7 Å². The van der Waals surface area contributed by atoms with Crippen LogP contribution in [0.25, 0.3) is 0 Å². The van der Waals surface area contributed by atoms with Crippen molar-refractivity contribution in [1.82, 2.24) is 15.6 Å². The number of nitrogens with zero attached hydrogens (tertiary/aromatic N) is 1. The number of hydrogen-bond acceptors (Lipinski definition) is 5. The first-order valence-electron chi connectivity index (χ1n) is 7.76. The smallest absolute Gasteiger partial charge is 0.326 e. The number of carbonyl (C=O) groups excluding carboxylic acids is 2. The zero-order chi connectivity index (χ0) is 18.3. The van der Waals surface area contributed by atoms with Gasteiger partial charge in [-0.05, 0) is 18.3 Å². The van der Waals surface area contributed by atoms with Gasteiger partial charge < -0.3 is 15.7 Å². The third-order valence-electron chi connectivity index (χ3n) is 3.39. The van der Waals surface area contributed by atoms with Crippen molar-refractivity contribution in [3.05, 3.63) is 16.6 Å². The minimum Gasteiger partial charge on any atom is -0.480 e. The maximum atomic E-state index is 12.4. The number of rotatable bonds is 8. The monoisotopic (exact) mass is 355 g/mol. The van der Waals surface area contributed by atoms with Gasteiger partial charge >= 0.3 is 5.97 Å². The Labute approximate surface area is 145 Å². The van der Waals surface area contributed by atoms with E-state index in [1.807, 2.05) is 20.8 Å². The molecular weight excluding hydrogens is 330 g/mol. The molecule has 0 radical (unpaired) electrons. The molecule has 2 amide bonds. The van der Waals surface area contributed by atoms with Crippen LogP contribution in [0.2, 0.25) is 0 Å². The van der Waals surface area contributed by atoms with Crippen LogP contribution in [0.4, 0.5) is 0 Å². The first kappa shape index (κ1) is 20.1. The van der Waals surface area contributed by atoms with E-state index in [9.17, 15) is 19.5 Å². The largest absolute Gasteiger partial charge is 0.480 e. The summed E-state index contributed by atoms with van der Waals surface area (Å²) in [6.07, 6.45) is 1.20. The molecule has 24 heavy (non-hydrogen) atoms. The summed E-state index contributed by atoms with van der Waals surface area (Å²) in [5.41, 5.74) is 2.28. The predicted octanol–water partition coefficient (Wildman–Crippen LogP) is 1.59. The fourth-order valence-corrected chi connectivity index (χ4v) is 2.68. The van der Waals surface area contributed by atoms with Gasteiger partial charge in [-0.15, -0.1) is 11.3 Å². The van der Waals surface area contributed by atoms with E-state index in [1.54, 1.807) is 10.9 Å². The predicted molar refractivity (Wildman–Crippen MR) is 91.7 cm³/mol. The number of aromatic nitrogens is 1. The van der Waals surface area contributed by atoms with Gasteiger partial charge in [0.15, 0.2) is 0 Å². The normalized spacial score (nSPS) is 13.8. The van der Waals surface area contributed by atoms with Crippen LogP contribution in [0.3, 0.4) is 0 Å². The van der Waals surface area contributed by atoms with Crippen LogP contribution in [-0.2, 0) is 20.8 Å². The van der Waals surface area contributed by atoms with Crippen molar-refractivity contribution in [3.8, 4) is 0 Å². The van der Waals surface area contributed by atoms with E-state index in [4.69, 9.17) is 0 Å². The second-order valence-electron chi connectivity index (χ2n) is 6.94. The number of carbonyl (C=O) groups is 3. The van der Waals surface area contributed by atoms with Crippen LogP contribution in [0.5, 0.6) is 0 Å². The number of amides is 2. The number of hydrogen-bond donors (Lipinski definition) is 3. The van der Waals surface area contributed by atoms with Gasteiger partial charge in [-0.3, -0.25) is 9.59 Å². The SMILES string of the molecule is CC(=O)N[C@@H](Cc1cscn1)C(=O)N[C@@H](CCC(C)(C)C)C(=O)O. The minimum absolute atomic E-state index is 0.0317. The topological polar surface area (TPSA) is 108 Å². The van der Waals surface area contributed by atoms with E-state index < -0.39 is 24.0 Å². The number of nitrogens with one attached hydrogen (secondary N) is 2. The van der Waals surface area contributed by atoms with Crippen molar-refractivity contribution in [2.75, 3.05) is 0 Å². The molecule has 0 fully saturated rings. The van der Waals surface area contributed by atoms with Crippen molar-refractivity contribution < 1.29 is 19.5 Å². The third kappa shape index (κ3) is 7.54. The summed E-state index contributed by atoms with van der Waals surface area (Å²) >= 11 is 1.39. The highest BCUT2D eigenvalue weighted by Gasteiger charge is 2.27. The lowest BCUT2D eigenvalue weighted by atomic mass is 9.88. The standard InChI is InChI=1S/C16H25N3O4S/c1-10(20)18-13(7-11-8-24-9-17-11)14(21)19-12(15(22)23)5-6-16(2,3)4/h8-9,12-13H,5-7H2,1-4H3,(H,18,20)(H,19,21)(H,22,23)/t12-,13-/m0/s1. The quantitative estimate of drug-likeness (QED) is 0.656. The fraction of sp³-hybridized carbons (Fsp3) is 0.625. The maximum absolute atomic E-state index is 12.4. The summed E-state index contributed by atoms with van der Waals surface area (Å²) in [6.45, 7) is 7.35. The van der Waals surface area contributed by atoms with Crippen LogP contribution in [0, 0.1) is 5.41 Å². The molecule has 0 spiro atoms. The highest BCUT2D eigenvalue weighted by molar-refractivity contribution is 7.07. The van der Waals surface area contributed by atoms with Gasteiger partial charge in [-0.25, -0.2) is 9.78 Å². The van der Waals surface area contributed by atoms with Crippen molar-refractivity contribution in [1.29, 1.82) is 0 Å². The Morgan fingerprint density at radius 3 is 2.38 bits per heavy atom. The third-order valence-corrected chi connectivity index (χ3v) is 4.02. The lowest BCUT2D eigenvalue weighted by Gasteiger charge is -2.23. The van der Waals surface area contributed by atoms with Gasteiger partial charge in [-0.2, -0.15) is 0 Å². The van der Waals surface area contributed by atoms with E-state index in [-0.39, 0.29) is 17.7 Å². The molecule has 0 bridgehead atoms. The highest BCUT2D eigenvalue weighted by Crippen LogP contribution is 2.21. The number of thiazole rings is 1. The average molecular weight is 355 g/mol. The molecule has 0 aliphatic heterocycles. The van der Waals surface area contributed by atoms with Gasteiger partial charge in [-0.1, -0.05) is 20.8 Å². The Bertz CT molecular complexity index is 566. The van der Waals surface area contributed by atoms with Crippen LogP contribution >= 0.6 is 11.3 Å². The lowest BCUT2D eigenvalue weighted by molar-refractivity contribution is -0.142. The molecule has 1 rings (SSSR count). The summed E-state index contributed by atoms with van der Waals surface area (Å²) < 4.78 is 0. The van der Waals surface area contributed by atoms with E-state index in [0.717, 1.165) is 0 Å². The summed E-state index contributed by atoms with van der Waals surface area (Å²) in [7, 11) is 0. The summed E-state index contributed by atoms with van der Waals surface area (Å²) in [5, 5.41) is 16.2. The molecular formula is C16H25N3O4S. The molecule has 7 nitrogen and oxygen atoms in total. The van der Waals surface area contributed by atoms with Gasteiger partial charge in [0.05, 0.1) is 11.2 Å². The fourth-order valence-electron chi connectivity index (χ4n) is 2.11. The Balaban J connectivity index is 2.75. The summed E-state index contributed by atoms with van der Waals surface area (Å²) in [4.78, 5) is 39.3. The van der Waals surface area contributed by atoms with Gasteiger partial charge in [0.2, 0.25) is 11.8 Å². The molecule has 0 saturated carbocycles. The first-order chi connectivity index (χ1) is 11.1. The maximum Gasteiger partial charge on any atom is 0.326 e. The Morgan fingerprint density at radius 2 is 1.92 bits per heavy atom. The van der Waals surface area contributed by atoms with Crippen LogP contribution in [-0.4, -0.2) is 40.0 Å². The second kappa shape index (κ2) is 8.77. The van der Waals surface area contributed by atoms with Crippen molar-refractivity contribution in [2.24, 2.45) is 5.41 Å². The van der Waals surface area contributed by atoms with Crippen molar-refractivity contribution >= 4 is 29.1 Å². The molecule has 1 aromatic heterocycles. The molecule has 0 aromatic carbocycles. The van der Waals surface area contributed by atoms with E-state index >= 15 is 0 Å². The second-order valence-corrected chi connectivity index (χ2v) is 7.65. The lowest BCUT2D eigenvalue weighted by Crippen LogP contribution is -2.52. The van der Waals surface area contributed by atoms with Crippen LogP contribution in [0.1, 0.15) is 46.2 Å². The Kier molecular flexibility index (Phi) is 7.34. The number of carboxylic acids is 1. The molecule has 0 aliphatic rings. The van der Waals surface area contributed by atoms with Crippen LogP contribution < -0.4 is 10.6 Å². The summed E-state index contributed by atoms with van der Waals surface area (Å²) in [6, 6.07) is -1.83. The Morgan fingerprint density at radius 1 is 1.25 bits per heavy atom. The molecule has 134 valence electrons. The first-order valence-corrected chi connectivity index (χ1v) is 8.70. The summed E-state index contributed by atoms with van der Waals surface area (Å²) in [5.74, 6) is -1.95. The molecule has 0 aliphatic carbocycles. The average Bonchev–Trinajstić information content (AvgIpc) is 2.93.